The highest BCUT2D eigenvalue weighted by molar-refractivity contribution is 6.31. The maximum Gasteiger partial charge on any atom is 0.312 e. The molecule has 1 aliphatic heterocycles. The minimum Gasteiger partial charge on any atom is -0.486 e. The summed E-state index contributed by atoms with van der Waals surface area (Å²) in [6.07, 6.45) is 0. The van der Waals surface area contributed by atoms with Gasteiger partial charge in [-0.05, 0) is 29.3 Å². The first kappa shape index (κ1) is 14.5. The van der Waals surface area contributed by atoms with E-state index in [1.165, 1.54) is 0 Å². The third-order valence-electron chi connectivity index (χ3n) is 3.40. The van der Waals surface area contributed by atoms with Gasteiger partial charge in [-0.15, -0.1) is 0 Å². The number of hydrogen-bond donors (Lipinski definition) is 2. The molecule has 0 bridgehead atoms. The molecule has 2 aromatic rings. The number of nitrogens with two attached hydrogens (primary N) is 1. The number of hydrogen-bond acceptors (Lipinski definition) is 3. The van der Waals surface area contributed by atoms with Crippen LogP contribution in [0, 0.1) is 0 Å². The van der Waals surface area contributed by atoms with E-state index in [0.29, 0.717) is 29.7 Å². The van der Waals surface area contributed by atoms with Crippen LogP contribution >= 0.6 is 11.6 Å². The zero-order valence-corrected chi connectivity index (χ0v) is 12.5. The molecule has 1 atom stereocenters. The zero-order chi connectivity index (χ0) is 15.5. The maximum atomic E-state index is 11.4. The quantitative estimate of drug-likeness (QED) is 0.914. The van der Waals surface area contributed by atoms with Crippen molar-refractivity contribution in [3.05, 3.63) is 58.6 Å². The van der Waals surface area contributed by atoms with Crippen molar-refractivity contribution in [2.75, 3.05) is 13.2 Å². The van der Waals surface area contributed by atoms with E-state index < -0.39 is 12.1 Å². The Bertz CT molecular complexity index is 706. The van der Waals surface area contributed by atoms with E-state index in [-0.39, 0.29) is 0 Å². The van der Waals surface area contributed by atoms with Crippen molar-refractivity contribution >= 4 is 17.6 Å². The first-order chi connectivity index (χ1) is 10.6. The zero-order valence-electron chi connectivity index (χ0n) is 11.7. The number of carbonyl (C=O) groups excluding carboxylic acids is 1. The summed E-state index contributed by atoms with van der Waals surface area (Å²) in [6, 6.07) is 11.7. The fraction of sp³-hybridized carbons (Fsp3) is 0.188. The highest BCUT2D eigenvalue weighted by Crippen LogP contribution is 2.35. The minimum absolute atomic E-state index is 0.456. The lowest BCUT2D eigenvalue weighted by Crippen LogP contribution is -2.34. The lowest BCUT2D eigenvalue weighted by atomic mass is 9.98. The first-order valence-electron chi connectivity index (χ1n) is 6.85. The number of nitrogens with one attached hydrogen (secondary N) is 1. The van der Waals surface area contributed by atoms with Gasteiger partial charge in [-0.25, -0.2) is 4.79 Å². The Balaban J connectivity index is 2.02. The Kier molecular flexibility index (Phi) is 4.06. The fourth-order valence-electron chi connectivity index (χ4n) is 2.43. The van der Waals surface area contributed by atoms with Gasteiger partial charge in [0.05, 0.1) is 6.04 Å². The molecule has 0 saturated carbocycles. The van der Waals surface area contributed by atoms with Gasteiger partial charge in [0.1, 0.15) is 13.2 Å². The van der Waals surface area contributed by atoms with Gasteiger partial charge < -0.3 is 20.5 Å². The average Bonchev–Trinajstić information content (AvgIpc) is 2.53. The van der Waals surface area contributed by atoms with Crippen LogP contribution < -0.4 is 20.5 Å². The van der Waals surface area contributed by atoms with Gasteiger partial charge in [-0.1, -0.05) is 35.9 Å². The van der Waals surface area contributed by atoms with Crippen LogP contribution in [0.1, 0.15) is 17.2 Å². The van der Waals surface area contributed by atoms with E-state index in [9.17, 15) is 4.79 Å². The molecule has 2 amide bonds. The van der Waals surface area contributed by atoms with Crippen LogP contribution in [0.3, 0.4) is 0 Å². The summed E-state index contributed by atoms with van der Waals surface area (Å²) in [5, 5.41) is 3.27. The third-order valence-corrected chi connectivity index (χ3v) is 3.75. The van der Waals surface area contributed by atoms with Crippen molar-refractivity contribution in [3.63, 3.8) is 0 Å². The van der Waals surface area contributed by atoms with Crippen molar-refractivity contribution in [2.24, 2.45) is 5.73 Å². The molecule has 2 aromatic carbocycles. The number of amides is 2. The van der Waals surface area contributed by atoms with Crippen molar-refractivity contribution in [1.82, 2.24) is 5.32 Å². The van der Waals surface area contributed by atoms with E-state index >= 15 is 0 Å². The lowest BCUT2D eigenvalue weighted by molar-refractivity contribution is 0.171. The van der Waals surface area contributed by atoms with Gasteiger partial charge in [0.15, 0.2) is 11.5 Å². The van der Waals surface area contributed by atoms with Crippen molar-refractivity contribution in [1.29, 1.82) is 0 Å². The first-order valence-corrected chi connectivity index (χ1v) is 7.23. The number of halogens is 1. The molecule has 1 aliphatic rings. The topological polar surface area (TPSA) is 73.6 Å². The van der Waals surface area contributed by atoms with Gasteiger partial charge >= 0.3 is 6.03 Å². The molecule has 22 heavy (non-hydrogen) atoms. The average molecular weight is 319 g/mol. The Morgan fingerprint density at radius 1 is 1.14 bits per heavy atom. The highest BCUT2D eigenvalue weighted by atomic mass is 35.5. The van der Waals surface area contributed by atoms with E-state index in [4.69, 9.17) is 26.8 Å². The predicted molar refractivity (Wildman–Crippen MR) is 83.4 cm³/mol. The second kappa shape index (κ2) is 6.15. The van der Waals surface area contributed by atoms with E-state index in [1.54, 1.807) is 6.07 Å². The van der Waals surface area contributed by atoms with E-state index in [2.05, 4.69) is 5.32 Å². The molecular formula is C16H15ClN2O3. The van der Waals surface area contributed by atoms with E-state index in [1.807, 2.05) is 36.4 Å². The summed E-state index contributed by atoms with van der Waals surface area (Å²) in [5.74, 6) is 1.33. The van der Waals surface area contributed by atoms with Gasteiger partial charge in [0.25, 0.3) is 0 Å². The normalized spacial score (nSPS) is 14.2. The minimum atomic E-state index is -0.625. The van der Waals surface area contributed by atoms with Crippen molar-refractivity contribution in [2.45, 2.75) is 6.04 Å². The molecule has 0 fully saturated rings. The largest absolute Gasteiger partial charge is 0.486 e. The van der Waals surface area contributed by atoms with Crippen molar-refractivity contribution < 1.29 is 14.3 Å². The van der Waals surface area contributed by atoms with Crippen molar-refractivity contribution in [3.8, 4) is 11.5 Å². The second-order valence-electron chi connectivity index (χ2n) is 4.87. The van der Waals surface area contributed by atoms with Crippen LogP contribution in [0.5, 0.6) is 11.5 Å². The van der Waals surface area contributed by atoms with Crippen LogP contribution in [0.4, 0.5) is 4.79 Å². The monoisotopic (exact) mass is 318 g/mol. The molecule has 3 N–H and O–H groups in total. The molecule has 1 heterocycles. The Morgan fingerprint density at radius 2 is 1.86 bits per heavy atom. The van der Waals surface area contributed by atoms with Crippen LogP contribution in [0.25, 0.3) is 0 Å². The summed E-state index contributed by atoms with van der Waals surface area (Å²) in [6.45, 7) is 1.02. The predicted octanol–water partition coefficient (Wildman–Crippen LogP) is 2.87. The molecule has 0 aliphatic carbocycles. The van der Waals surface area contributed by atoms with Crippen LogP contribution in [0.2, 0.25) is 5.02 Å². The van der Waals surface area contributed by atoms with Gasteiger partial charge in [-0.2, -0.15) is 0 Å². The molecule has 3 rings (SSSR count). The number of benzene rings is 2. The van der Waals surface area contributed by atoms with Crippen LogP contribution in [0.15, 0.2) is 42.5 Å². The Hall–Kier alpha value is -2.40. The van der Waals surface area contributed by atoms with Gasteiger partial charge in [0, 0.05) is 5.02 Å². The molecule has 5 nitrogen and oxygen atoms in total. The van der Waals surface area contributed by atoms with Gasteiger partial charge in [-0.3, -0.25) is 0 Å². The Labute approximate surface area is 133 Å². The Morgan fingerprint density at radius 3 is 2.59 bits per heavy atom. The maximum absolute atomic E-state index is 11.4. The number of fused-ring (bicyclic) bond motifs is 1. The summed E-state index contributed by atoms with van der Waals surface area (Å²) < 4.78 is 11.1. The highest BCUT2D eigenvalue weighted by Gasteiger charge is 2.21. The lowest BCUT2D eigenvalue weighted by Gasteiger charge is -2.23. The molecule has 0 radical (unpaired) electrons. The fourth-order valence-corrected chi connectivity index (χ4v) is 2.68. The molecular weight excluding hydrogens is 304 g/mol. The van der Waals surface area contributed by atoms with Gasteiger partial charge in [0.2, 0.25) is 0 Å². The standard InChI is InChI=1S/C16H15ClN2O3/c17-12-4-2-1-3-11(12)15(19-16(18)20)10-5-6-13-14(9-10)22-8-7-21-13/h1-6,9,15H,7-8H2,(H3,18,19,20)/t15-/m0/s1. The molecule has 114 valence electrons. The summed E-state index contributed by atoms with van der Waals surface area (Å²) >= 11 is 6.25. The third kappa shape index (κ3) is 2.94. The molecule has 0 spiro atoms. The molecule has 0 saturated heterocycles. The SMILES string of the molecule is NC(=O)N[C@@H](c1ccc2c(c1)OCCO2)c1ccccc1Cl. The number of primary amides is 1. The number of urea groups is 1. The summed E-state index contributed by atoms with van der Waals surface area (Å²) in [5.41, 5.74) is 6.89. The summed E-state index contributed by atoms with van der Waals surface area (Å²) in [7, 11) is 0. The van der Waals surface area contributed by atoms with Crippen LogP contribution in [-0.2, 0) is 0 Å². The molecule has 0 unspecified atom stereocenters. The second-order valence-corrected chi connectivity index (χ2v) is 5.27. The summed E-state index contributed by atoms with van der Waals surface area (Å²) in [4.78, 5) is 11.4. The van der Waals surface area contributed by atoms with E-state index in [0.717, 1.165) is 11.1 Å². The molecule has 6 heteroatoms. The van der Waals surface area contributed by atoms with Crippen LogP contribution in [-0.4, -0.2) is 19.2 Å². The molecule has 0 aromatic heterocycles. The smallest absolute Gasteiger partial charge is 0.312 e. The number of ether oxygens (including phenoxy) is 2. The number of rotatable bonds is 3. The number of carbonyl (C=O) groups is 1.